The van der Waals surface area contributed by atoms with E-state index in [1.807, 2.05) is 0 Å². The van der Waals surface area contributed by atoms with Crippen LogP contribution in [0.25, 0.3) is 0 Å². The Labute approximate surface area is 101 Å². The highest BCUT2D eigenvalue weighted by molar-refractivity contribution is 5.90. The Morgan fingerprint density at radius 2 is 2.18 bits per heavy atom. The molecule has 5 heteroatoms. The molecule has 0 aromatic carbocycles. The van der Waals surface area contributed by atoms with Gasteiger partial charge in [0, 0.05) is 13.3 Å². The van der Waals surface area contributed by atoms with Crippen molar-refractivity contribution < 1.29 is 14.3 Å². The number of carbonyl (C=O) groups is 2. The van der Waals surface area contributed by atoms with Crippen molar-refractivity contribution in [2.24, 2.45) is 5.92 Å². The Morgan fingerprint density at radius 3 is 2.71 bits per heavy atom. The minimum absolute atomic E-state index is 0.136. The number of carbonyl (C=O) groups excluding carboxylic acids is 2. The molecule has 1 N–H and O–H groups in total. The van der Waals surface area contributed by atoms with Crippen LogP contribution < -0.4 is 0 Å². The topological polar surface area (TPSA) is 72.0 Å². The molecular formula is C12H18N2O3. The molecule has 0 saturated carbocycles. The normalized spacial score (nSPS) is 10.6. The summed E-state index contributed by atoms with van der Waals surface area (Å²) in [5.74, 6) is 0.414. The Kier molecular flexibility index (Phi) is 4.87. The summed E-state index contributed by atoms with van der Waals surface area (Å²) in [6.07, 6.45) is 2.75. The van der Waals surface area contributed by atoms with Gasteiger partial charge in [0.2, 0.25) is 0 Å². The second kappa shape index (κ2) is 6.18. The van der Waals surface area contributed by atoms with Crippen molar-refractivity contribution in [1.82, 2.24) is 9.97 Å². The summed E-state index contributed by atoms with van der Waals surface area (Å²) in [5, 5.41) is 0. The van der Waals surface area contributed by atoms with Crippen LogP contribution >= 0.6 is 0 Å². The fourth-order valence-electron chi connectivity index (χ4n) is 1.25. The van der Waals surface area contributed by atoms with Gasteiger partial charge in [-0.3, -0.25) is 9.59 Å². The molecule has 94 valence electrons. The van der Waals surface area contributed by atoms with E-state index in [-0.39, 0.29) is 18.4 Å². The zero-order valence-electron chi connectivity index (χ0n) is 10.4. The SMILES string of the molecule is CC(=O)c1ncc(COC(=O)CCC(C)C)[nH]1. The molecule has 0 bridgehead atoms. The number of esters is 1. The summed E-state index contributed by atoms with van der Waals surface area (Å²) in [4.78, 5) is 29.0. The number of H-pyrrole nitrogens is 1. The van der Waals surface area contributed by atoms with Crippen LogP contribution in [0.5, 0.6) is 0 Å². The van der Waals surface area contributed by atoms with Gasteiger partial charge in [-0.05, 0) is 12.3 Å². The molecule has 0 amide bonds. The Balaban J connectivity index is 2.34. The molecule has 1 aromatic heterocycles. The molecule has 1 heterocycles. The van der Waals surface area contributed by atoms with Crippen LogP contribution in [0, 0.1) is 5.92 Å². The van der Waals surface area contributed by atoms with Gasteiger partial charge in [-0.2, -0.15) is 0 Å². The van der Waals surface area contributed by atoms with Gasteiger partial charge in [-0.25, -0.2) is 4.98 Å². The first-order valence-electron chi connectivity index (χ1n) is 5.69. The third kappa shape index (κ3) is 4.80. The highest BCUT2D eigenvalue weighted by atomic mass is 16.5. The van der Waals surface area contributed by atoms with E-state index < -0.39 is 0 Å². The summed E-state index contributed by atoms with van der Waals surface area (Å²) in [6.45, 7) is 5.68. The van der Waals surface area contributed by atoms with E-state index in [9.17, 15) is 9.59 Å². The molecule has 0 atom stereocenters. The van der Waals surface area contributed by atoms with Crippen molar-refractivity contribution in [2.45, 2.75) is 40.2 Å². The maximum Gasteiger partial charge on any atom is 0.306 e. The molecule has 0 aliphatic rings. The summed E-state index contributed by atoms with van der Waals surface area (Å²) < 4.78 is 5.05. The van der Waals surface area contributed by atoms with Crippen LogP contribution in [0.3, 0.4) is 0 Å². The second-order valence-electron chi connectivity index (χ2n) is 4.41. The maximum atomic E-state index is 11.3. The van der Waals surface area contributed by atoms with Crippen LogP contribution in [0.1, 0.15) is 49.9 Å². The quantitative estimate of drug-likeness (QED) is 0.608. The van der Waals surface area contributed by atoms with Gasteiger partial charge in [0.05, 0.1) is 11.9 Å². The van der Waals surface area contributed by atoms with Gasteiger partial charge in [0.25, 0.3) is 0 Å². The van der Waals surface area contributed by atoms with Crippen molar-refractivity contribution in [1.29, 1.82) is 0 Å². The number of ketones is 1. The van der Waals surface area contributed by atoms with Crippen LogP contribution in [0.15, 0.2) is 6.20 Å². The number of aromatic amines is 1. The second-order valence-corrected chi connectivity index (χ2v) is 4.41. The lowest BCUT2D eigenvalue weighted by atomic mass is 10.1. The molecule has 0 saturated heterocycles. The molecule has 0 spiro atoms. The minimum atomic E-state index is -0.224. The van der Waals surface area contributed by atoms with Crippen LogP contribution in [-0.4, -0.2) is 21.7 Å². The summed E-state index contributed by atoms with van der Waals surface area (Å²) in [5.41, 5.74) is 0.632. The number of Topliss-reactive ketones (excluding diaryl/α,β-unsaturated/α-hetero) is 1. The lowest BCUT2D eigenvalue weighted by molar-refractivity contribution is -0.145. The zero-order valence-corrected chi connectivity index (χ0v) is 10.4. The van der Waals surface area contributed by atoms with Gasteiger partial charge in [-0.15, -0.1) is 0 Å². The fraction of sp³-hybridized carbons (Fsp3) is 0.583. The van der Waals surface area contributed by atoms with Crippen LogP contribution in [0.4, 0.5) is 0 Å². The van der Waals surface area contributed by atoms with Gasteiger partial charge >= 0.3 is 5.97 Å². The molecule has 0 unspecified atom stereocenters. The van der Waals surface area contributed by atoms with E-state index in [4.69, 9.17) is 4.74 Å². The minimum Gasteiger partial charge on any atom is -0.459 e. The summed E-state index contributed by atoms with van der Waals surface area (Å²) in [7, 11) is 0. The Bertz CT molecular complexity index is 396. The van der Waals surface area contributed by atoms with Crippen molar-refractivity contribution in [3.63, 3.8) is 0 Å². The first-order chi connectivity index (χ1) is 7.99. The lowest BCUT2D eigenvalue weighted by Gasteiger charge is -2.04. The molecule has 1 rings (SSSR count). The molecule has 0 radical (unpaired) electrons. The van der Waals surface area contributed by atoms with Gasteiger partial charge < -0.3 is 9.72 Å². The Morgan fingerprint density at radius 1 is 1.47 bits per heavy atom. The smallest absolute Gasteiger partial charge is 0.306 e. The van der Waals surface area contributed by atoms with E-state index in [0.29, 0.717) is 23.9 Å². The van der Waals surface area contributed by atoms with Gasteiger partial charge in [-0.1, -0.05) is 13.8 Å². The number of ether oxygens (including phenoxy) is 1. The van der Waals surface area contributed by atoms with Crippen LogP contribution in [-0.2, 0) is 16.1 Å². The van der Waals surface area contributed by atoms with E-state index in [1.165, 1.54) is 13.1 Å². The molecule has 5 nitrogen and oxygen atoms in total. The van der Waals surface area contributed by atoms with Crippen molar-refractivity contribution in [2.75, 3.05) is 0 Å². The lowest BCUT2D eigenvalue weighted by Crippen LogP contribution is -2.06. The van der Waals surface area contributed by atoms with Crippen molar-refractivity contribution >= 4 is 11.8 Å². The van der Waals surface area contributed by atoms with Crippen molar-refractivity contribution in [3.05, 3.63) is 17.7 Å². The maximum absolute atomic E-state index is 11.3. The van der Waals surface area contributed by atoms with E-state index in [1.54, 1.807) is 0 Å². The largest absolute Gasteiger partial charge is 0.459 e. The molecule has 0 aliphatic heterocycles. The third-order valence-corrected chi connectivity index (χ3v) is 2.28. The van der Waals surface area contributed by atoms with E-state index in [0.717, 1.165) is 6.42 Å². The molecule has 0 aliphatic carbocycles. The Hall–Kier alpha value is -1.65. The summed E-state index contributed by atoms with van der Waals surface area (Å²) >= 11 is 0. The van der Waals surface area contributed by atoms with E-state index in [2.05, 4.69) is 23.8 Å². The average molecular weight is 238 g/mol. The van der Waals surface area contributed by atoms with Gasteiger partial charge in [0.15, 0.2) is 11.6 Å². The predicted molar refractivity (Wildman–Crippen MR) is 62.5 cm³/mol. The first-order valence-corrected chi connectivity index (χ1v) is 5.69. The van der Waals surface area contributed by atoms with Gasteiger partial charge in [0.1, 0.15) is 6.61 Å². The predicted octanol–water partition coefficient (Wildman–Crippen LogP) is 2.09. The number of aromatic nitrogens is 2. The summed E-state index contributed by atoms with van der Waals surface area (Å²) in [6, 6.07) is 0. The monoisotopic (exact) mass is 238 g/mol. The standard InChI is InChI=1S/C12H18N2O3/c1-8(2)4-5-11(16)17-7-10-6-13-12(14-10)9(3)15/h6,8H,4-5,7H2,1-3H3,(H,13,14). The number of nitrogens with one attached hydrogen (secondary N) is 1. The molecule has 0 fully saturated rings. The number of imidazole rings is 1. The zero-order chi connectivity index (χ0) is 12.8. The number of nitrogens with zero attached hydrogens (tertiary/aromatic N) is 1. The highest BCUT2D eigenvalue weighted by Gasteiger charge is 2.08. The number of rotatable bonds is 6. The van der Waals surface area contributed by atoms with Crippen LogP contribution in [0.2, 0.25) is 0 Å². The van der Waals surface area contributed by atoms with Crippen molar-refractivity contribution in [3.8, 4) is 0 Å². The molecular weight excluding hydrogens is 220 g/mol. The average Bonchev–Trinajstić information content (AvgIpc) is 2.72. The highest BCUT2D eigenvalue weighted by Crippen LogP contribution is 2.06. The first kappa shape index (κ1) is 13.4. The number of hydrogen-bond acceptors (Lipinski definition) is 4. The fourth-order valence-corrected chi connectivity index (χ4v) is 1.25. The number of hydrogen-bond donors (Lipinski definition) is 1. The molecule has 1 aromatic rings. The van der Waals surface area contributed by atoms with E-state index >= 15 is 0 Å². The molecule has 17 heavy (non-hydrogen) atoms. The third-order valence-electron chi connectivity index (χ3n) is 2.28.